The molecule has 0 aliphatic heterocycles. The Labute approximate surface area is 245 Å². The number of nitrogens with one attached hydrogen (secondary N) is 2. The maximum atomic E-state index is 12.4. The minimum absolute atomic E-state index is 0.000290. The van der Waals surface area contributed by atoms with Crippen molar-refractivity contribution in [2.75, 3.05) is 38.7 Å². The number of amides is 2. The number of carboxylic acid groups (broad SMARTS) is 1. The van der Waals surface area contributed by atoms with E-state index in [0.717, 1.165) is 44.9 Å². The van der Waals surface area contributed by atoms with Gasteiger partial charge in [-0.15, -0.1) is 0 Å². The maximum Gasteiger partial charge on any atom is 0.303 e. The third kappa shape index (κ3) is 29.2. The van der Waals surface area contributed by atoms with Crippen LogP contribution in [0.1, 0.15) is 110 Å². The van der Waals surface area contributed by atoms with Gasteiger partial charge in [-0.1, -0.05) is 77.0 Å². The fraction of sp³-hybridized carbons (Fsp3) is 0.857. The van der Waals surface area contributed by atoms with Crippen molar-refractivity contribution in [2.45, 2.75) is 116 Å². The lowest BCUT2D eigenvalue weighted by Gasteiger charge is -2.17. The molecule has 0 aromatic rings. The van der Waals surface area contributed by atoms with Crippen molar-refractivity contribution in [3.05, 3.63) is 0 Å². The number of hydrogen-bond acceptors (Lipinski definition) is 8. The number of ketones is 1. The Kier molecular flexibility index (Phi) is 24.3. The van der Waals surface area contributed by atoms with Gasteiger partial charge in [0.2, 0.25) is 11.8 Å². The number of unbranched alkanes of at least 4 members (excludes halogenated alkanes) is 13. The Morgan fingerprint density at radius 1 is 0.707 bits per heavy atom. The molecule has 0 unspecified atom stereocenters. The maximum absolute atomic E-state index is 12.4. The number of ether oxygens (including phenoxy) is 2. The van der Waals surface area contributed by atoms with Crippen LogP contribution in [0.15, 0.2) is 0 Å². The lowest BCUT2D eigenvalue weighted by atomic mass is 10.0. The van der Waals surface area contributed by atoms with E-state index in [9.17, 15) is 32.1 Å². The lowest BCUT2D eigenvalue weighted by molar-refractivity contribution is -0.137. The standard InChI is InChI=1S/C28H52N2O10S/c1-24(31)22-40-21-20-39-19-18-29-28(35)25(23-41(36,37)38)30-26(32)16-14-12-10-8-6-4-2-3-5-7-9-11-13-15-17-27(33)34/h25H,2-23H2,1H3,(H,29,35)(H,30,32)(H,33,34)(H,36,37,38)/t25-/m0/s1. The summed E-state index contributed by atoms with van der Waals surface area (Å²) in [5.74, 6) is -2.92. The zero-order valence-corrected chi connectivity index (χ0v) is 25.5. The van der Waals surface area contributed by atoms with Gasteiger partial charge in [-0.3, -0.25) is 23.7 Å². The molecular weight excluding hydrogens is 556 g/mol. The molecule has 4 N–H and O–H groups in total. The van der Waals surface area contributed by atoms with Gasteiger partial charge >= 0.3 is 5.97 Å². The van der Waals surface area contributed by atoms with E-state index in [1.807, 2.05) is 0 Å². The molecule has 0 fully saturated rings. The first kappa shape index (κ1) is 38.9. The minimum atomic E-state index is -4.49. The van der Waals surface area contributed by atoms with Crippen LogP contribution in [0, 0.1) is 0 Å². The Morgan fingerprint density at radius 2 is 1.17 bits per heavy atom. The monoisotopic (exact) mass is 608 g/mol. The third-order valence-electron chi connectivity index (χ3n) is 6.30. The van der Waals surface area contributed by atoms with Crippen LogP contribution < -0.4 is 10.6 Å². The largest absolute Gasteiger partial charge is 0.481 e. The predicted molar refractivity (Wildman–Crippen MR) is 155 cm³/mol. The average molecular weight is 609 g/mol. The first-order chi connectivity index (χ1) is 19.5. The van der Waals surface area contributed by atoms with Crippen LogP contribution in [0.3, 0.4) is 0 Å². The zero-order valence-electron chi connectivity index (χ0n) is 24.7. The summed E-state index contributed by atoms with van der Waals surface area (Å²) >= 11 is 0. The van der Waals surface area contributed by atoms with Crippen molar-refractivity contribution < 1.29 is 46.7 Å². The van der Waals surface area contributed by atoms with Crippen molar-refractivity contribution in [2.24, 2.45) is 0 Å². The molecule has 1 atom stereocenters. The molecule has 240 valence electrons. The van der Waals surface area contributed by atoms with Gasteiger partial charge in [0, 0.05) is 19.4 Å². The fourth-order valence-corrected chi connectivity index (χ4v) is 4.80. The lowest BCUT2D eigenvalue weighted by Crippen LogP contribution is -2.50. The number of carboxylic acids is 1. The molecule has 0 heterocycles. The van der Waals surface area contributed by atoms with Gasteiger partial charge in [0.15, 0.2) is 5.78 Å². The summed E-state index contributed by atoms with van der Waals surface area (Å²) in [6.45, 7) is 2.03. The van der Waals surface area contributed by atoms with Gasteiger partial charge in [-0.25, -0.2) is 0 Å². The van der Waals surface area contributed by atoms with Crippen LogP contribution in [0.2, 0.25) is 0 Å². The van der Waals surface area contributed by atoms with Crippen LogP contribution in [0.25, 0.3) is 0 Å². The zero-order chi connectivity index (χ0) is 30.8. The number of aliphatic carboxylic acids is 1. The predicted octanol–water partition coefficient (Wildman–Crippen LogP) is 3.42. The molecule has 12 nitrogen and oxygen atoms in total. The second-order valence-electron chi connectivity index (χ2n) is 10.4. The van der Waals surface area contributed by atoms with Crippen LogP contribution in [0.5, 0.6) is 0 Å². The summed E-state index contributed by atoms with van der Waals surface area (Å²) < 4.78 is 42.1. The molecular formula is C28H52N2O10S. The van der Waals surface area contributed by atoms with E-state index in [1.54, 1.807) is 0 Å². The van der Waals surface area contributed by atoms with Gasteiger partial charge in [-0.2, -0.15) is 8.42 Å². The highest BCUT2D eigenvalue weighted by molar-refractivity contribution is 7.85. The number of carbonyl (C=O) groups is 4. The minimum Gasteiger partial charge on any atom is -0.481 e. The molecule has 0 aromatic carbocycles. The summed E-state index contributed by atoms with van der Waals surface area (Å²) in [7, 11) is -4.49. The molecule has 0 radical (unpaired) electrons. The summed E-state index contributed by atoms with van der Waals surface area (Å²) in [6.07, 6.45) is 15.2. The van der Waals surface area contributed by atoms with Gasteiger partial charge in [-0.05, 0) is 19.8 Å². The average Bonchev–Trinajstić information content (AvgIpc) is 2.88. The van der Waals surface area contributed by atoms with E-state index in [4.69, 9.17) is 14.6 Å². The SMILES string of the molecule is CC(=O)COCCOCCNC(=O)[C@H](CS(=O)(=O)O)NC(=O)CCCCCCCCCCCCCCCCC(=O)O. The fourth-order valence-electron chi connectivity index (χ4n) is 4.15. The molecule has 0 saturated carbocycles. The highest BCUT2D eigenvalue weighted by Crippen LogP contribution is 2.14. The van der Waals surface area contributed by atoms with Crippen LogP contribution in [0.4, 0.5) is 0 Å². The molecule has 0 aliphatic rings. The topological polar surface area (TPSA) is 185 Å². The number of Topliss-reactive ketones (excluding diaryl/α,β-unsaturated/α-hetero) is 1. The Hall–Kier alpha value is -2.09. The van der Waals surface area contributed by atoms with E-state index >= 15 is 0 Å². The van der Waals surface area contributed by atoms with E-state index in [-0.39, 0.29) is 51.6 Å². The summed E-state index contributed by atoms with van der Waals surface area (Å²) in [5.41, 5.74) is 0. The van der Waals surface area contributed by atoms with Gasteiger partial charge in [0.1, 0.15) is 18.4 Å². The first-order valence-corrected chi connectivity index (χ1v) is 16.5. The molecule has 2 amide bonds. The van der Waals surface area contributed by atoms with E-state index in [2.05, 4.69) is 10.6 Å². The molecule has 0 spiro atoms. The summed E-state index contributed by atoms with van der Waals surface area (Å²) in [4.78, 5) is 45.9. The van der Waals surface area contributed by atoms with Crippen LogP contribution >= 0.6 is 0 Å². The first-order valence-electron chi connectivity index (χ1n) is 14.9. The van der Waals surface area contributed by atoms with Crippen molar-refractivity contribution in [3.63, 3.8) is 0 Å². The molecule has 0 aliphatic carbocycles. The Morgan fingerprint density at radius 3 is 1.63 bits per heavy atom. The van der Waals surface area contributed by atoms with Gasteiger partial charge in [0.05, 0.1) is 19.8 Å². The summed E-state index contributed by atoms with van der Waals surface area (Å²) in [5, 5.41) is 13.5. The highest BCUT2D eigenvalue weighted by Gasteiger charge is 2.25. The van der Waals surface area contributed by atoms with Crippen molar-refractivity contribution in [1.82, 2.24) is 10.6 Å². The van der Waals surface area contributed by atoms with Gasteiger partial charge < -0.3 is 25.2 Å². The third-order valence-corrected chi connectivity index (χ3v) is 7.05. The summed E-state index contributed by atoms with van der Waals surface area (Å²) in [6, 6.07) is -1.41. The Balaban J connectivity index is 3.88. The smallest absolute Gasteiger partial charge is 0.303 e. The second-order valence-corrected chi connectivity index (χ2v) is 11.9. The highest BCUT2D eigenvalue weighted by atomic mass is 32.2. The molecule has 0 aromatic heterocycles. The van der Waals surface area contributed by atoms with Crippen LogP contribution in [-0.4, -0.2) is 86.4 Å². The van der Waals surface area contributed by atoms with E-state index in [0.29, 0.717) is 6.42 Å². The second kappa shape index (κ2) is 25.6. The van der Waals surface area contributed by atoms with E-state index < -0.39 is 39.7 Å². The quantitative estimate of drug-likeness (QED) is 0.0724. The Bertz CT molecular complexity index is 836. The van der Waals surface area contributed by atoms with E-state index in [1.165, 1.54) is 45.4 Å². The van der Waals surface area contributed by atoms with Gasteiger partial charge in [0.25, 0.3) is 10.1 Å². The van der Waals surface area contributed by atoms with Crippen molar-refractivity contribution in [3.8, 4) is 0 Å². The normalized spacial score (nSPS) is 12.1. The molecule has 41 heavy (non-hydrogen) atoms. The number of carbonyl (C=O) groups excluding carboxylic acids is 3. The molecule has 0 saturated heterocycles. The number of rotatable bonds is 29. The number of hydrogen-bond donors (Lipinski definition) is 4. The van der Waals surface area contributed by atoms with Crippen molar-refractivity contribution in [1.29, 1.82) is 0 Å². The molecule has 13 heteroatoms. The molecule has 0 rings (SSSR count). The molecule has 0 bridgehead atoms. The van der Waals surface area contributed by atoms with Crippen LogP contribution in [-0.2, 0) is 38.8 Å². The van der Waals surface area contributed by atoms with Crippen molar-refractivity contribution >= 4 is 33.7 Å².